The largest absolute Gasteiger partial charge is 0.374 e. The van der Waals surface area contributed by atoms with Crippen molar-refractivity contribution in [1.82, 2.24) is 10.6 Å². The average molecular weight is 565 g/mol. The number of nitrogens with two attached hydrogens (primary N) is 1. The van der Waals surface area contributed by atoms with Gasteiger partial charge >= 0.3 is 0 Å². The zero-order chi connectivity index (χ0) is 28.6. The van der Waals surface area contributed by atoms with Crippen molar-refractivity contribution in [2.45, 2.75) is 61.2 Å². The van der Waals surface area contributed by atoms with Crippen LogP contribution in [0, 0.1) is 11.6 Å². The Morgan fingerprint density at radius 1 is 1.15 bits per heavy atom. The molecule has 0 radical (unpaired) electrons. The van der Waals surface area contributed by atoms with Gasteiger partial charge in [0.2, 0.25) is 5.91 Å². The van der Waals surface area contributed by atoms with E-state index in [0.717, 1.165) is 18.4 Å². The zero-order valence-electron chi connectivity index (χ0n) is 22.1. The van der Waals surface area contributed by atoms with E-state index >= 15 is 0 Å². The molecule has 1 amide bonds. The Hall–Kier alpha value is -2.93. The Morgan fingerprint density at radius 3 is 2.36 bits per heavy atom. The highest BCUT2D eigenvalue weighted by Gasteiger charge is 2.54. The highest BCUT2D eigenvalue weighted by molar-refractivity contribution is 7.90. The summed E-state index contributed by atoms with van der Waals surface area (Å²) in [5, 5.41) is 9.13. The highest BCUT2D eigenvalue weighted by atomic mass is 32.2. The lowest BCUT2D eigenvalue weighted by Crippen LogP contribution is -2.60. The van der Waals surface area contributed by atoms with Gasteiger partial charge in [-0.25, -0.2) is 17.2 Å². The first-order valence-electron chi connectivity index (χ1n) is 12.7. The standard InChI is InChI=1S/C27H34F2N4O5S/c1-26(2,30)25(35)33-20(15-38-14-16-17(28)6-4-7-18(16)29)23(34)24-27(10-12-31-13-11-27)22-19(32-24)8-5-9-21(22)39(3,36)37/h4-9,20,24,31-32H,10-15,30H2,1-3H3,(H,33,35)/t20?,24-/m0/s1. The molecule has 0 saturated carbocycles. The Bertz CT molecular complexity index is 1350. The van der Waals surface area contributed by atoms with Gasteiger partial charge in [-0.1, -0.05) is 12.1 Å². The van der Waals surface area contributed by atoms with Gasteiger partial charge in [-0.05, 0) is 64.0 Å². The molecule has 5 N–H and O–H groups in total. The van der Waals surface area contributed by atoms with Gasteiger partial charge in [-0.2, -0.15) is 0 Å². The van der Waals surface area contributed by atoms with Crippen molar-refractivity contribution in [3.8, 4) is 0 Å². The number of amides is 1. The van der Waals surface area contributed by atoms with Crippen molar-refractivity contribution in [2.75, 3.05) is 31.3 Å². The first kappa shape index (κ1) is 29.1. The van der Waals surface area contributed by atoms with Crippen LogP contribution in [-0.4, -0.2) is 63.7 Å². The number of anilines is 1. The molecule has 2 heterocycles. The van der Waals surface area contributed by atoms with Crippen LogP contribution in [0.15, 0.2) is 41.3 Å². The van der Waals surface area contributed by atoms with Crippen molar-refractivity contribution in [2.24, 2.45) is 5.73 Å². The maximum absolute atomic E-state index is 14.2. The van der Waals surface area contributed by atoms with E-state index in [1.165, 1.54) is 26.0 Å². The third-order valence-corrected chi connectivity index (χ3v) is 8.52. The summed E-state index contributed by atoms with van der Waals surface area (Å²) in [6, 6.07) is 6.20. The minimum absolute atomic E-state index is 0.152. The van der Waals surface area contributed by atoms with Gasteiger partial charge in [-0.15, -0.1) is 0 Å². The van der Waals surface area contributed by atoms with E-state index in [4.69, 9.17) is 10.5 Å². The molecule has 1 saturated heterocycles. The van der Waals surface area contributed by atoms with Crippen LogP contribution >= 0.6 is 0 Å². The van der Waals surface area contributed by atoms with Gasteiger partial charge in [0.25, 0.3) is 0 Å². The van der Waals surface area contributed by atoms with Crippen LogP contribution in [0.1, 0.15) is 37.8 Å². The molecule has 0 aliphatic carbocycles. The molecule has 2 aromatic rings. The van der Waals surface area contributed by atoms with Crippen LogP contribution in [0.25, 0.3) is 0 Å². The molecule has 0 aromatic heterocycles. The van der Waals surface area contributed by atoms with E-state index in [2.05, 4.69) is 16.0 Å². The average Bonchev–Trinajstić information content (AvgIpc) is 3.17. The van der Waals surface area contributed by atoms with Gasteiger partial charge in [0.15, 0.2) is 15.6 Å². The number of ether oxygens (including phenoxy) is 1. The van der Waals surface area contributed by atoms with Gasteiger partial charge in [-0.3, -0.25) is 9.59 Å². The molecule has 1 fully saturated rings. The lowest BCUT2D eigenvalue weighted by Gasteiger charge is -2.40. The molecule has 2 aliphatic rings. The van der Waals surface area contributed by atoms with Crippen molar-refractivity contribution in [1.29, 1.82) is 0 Å². The fourth-order valence-electron chi connectivity index (χ4n) is 5.36. The number of sulfone groups is 1. The first-order chi connectivity index (χ1) is 18.3. The van der Waals surface area contributed by atoms with Crippen LogP contribution < -0.4 is 21.7 Å². The number of benzene rings is 2. The molecule has 1 unspecified atom stereocenters. The quantitative estimate of drug-likeness (QED) is 0.362. The fraction of sp³-hybridized carbons (Fsp3) is 0.481. The summed E-state index contributed by atoms with van der Waals surface area (Å²) < 4.78 is 59.3. The van der Waals surface area contributed by atoms with Crippen molar-refractivity contribution in [3.63, 3.8) is 0 Å². The fourth-order valence-corrected chi connectivity index (χ4v) is 6.37. The van der Waals surface area contributed by atoms with Crippen LogP contribution in [0.2, 0.25) is 0 Å². The number of rotatable bonds is 9. The van der Waals surface area contributed by atoms with E-state index in [9.17, 15) is 26.8 Å². The van der Waals surface area contributed by atoms with Gasteiger partial charge in [0.1, 0.15) is 17.7 Å². The monoisotopic (exact) mass is 564 g/mol. The second kappa shape index (κ2) is 10.9. The predicted octanol–water partition coefficient (Wildman–Crippen LogP) is 1.79. The smallest absolute Gasteiger partial charge is 0.240 e. The summed E-state index contributed by atoms with van der Waals surface area (Å²) in [7, 11) is -3.62. The lowest BCUT2D eigenvalue weighted by atomic mass is 9.68. The number of fused-ring (bicyclic) bond motifs is 2. The normalized spacial score (nSPS) is 19.3. The molecular weight excluding hydrogens is 530 g/mol. The molecule has 0 bridgehead atoms. The van der Waals surface area contributed by atoms with Crippen molar-refractivity contribution in [3.05, 3.63) is 59.2 Å². The number of nitrogens with one attached hydrogen (secondary N) is 3. The number of Topliss-reactive ketones (excluding diaryl/α,β-unsaturated/α-hetero) is 1. The van der Waals surface area contributed by atoms with Crippen molar-refractivity contribution >= 4 is 27.2 Å². The second-order valence-corrected chi connectivity index (χ2v) is 12.8. The van der Waals surface area contributed by atoms with Gasteiger partial charge < -0.3 is 26.4 Å². The van der Waals surface area contributed by atoms with Crippen LogP contribution in [0.5, 0.6) is 0 Å². The van der Waals surface area contributed by atoms with E-state index < -0.39 is 62.8 Å². The Morgan fingerprint density at radius 2 is 1.77 bits per heavy atom. The molecule has 12 heteroatoms. The summed E-state index contributed by atoms with van der Waals surface area (Å²) in [4.78, 5) is 27.2. The SMILES string of the molecule is CC(C)(N)C(=O)NC(COCc1c(F)cccc1F)C(=O)[C@@H]1Nc2cccc(S(C)(=O)=O)c2C12CCNCC2. The Kier molecular flexibility index (Phi) is 8.13. The molecule has 4 rings (SSSR count). The third kappa shape index (κ3) is 5.84. The zero-order valence-corrected chi connectivity index (χ0v) is 23.0. The van der Waals surface area contributed by atoms with Crippen LogP contribution in [0.3, 0.4) is 0 Å². The molecule has 2 atom stereocenters. The topological polar surface area (TPSA) is 140 Å². The Labute approximate surface area is 226 Å². The number of ketones is 1. The number of carbonyl (C=O) groups excluding carboxylic acids is 2. The molecule has 1 spiro atoms. The van der Waals surface area contributed by atoms with E-state index in [0.29, 0.717) is 37.2 Å². The molecule has 9 nitrogen and oxygen atoms in total. The second-order valence-electron chi connectivity index (χ2n) is 10.8. The summed E-state index contributed by atoms with van der Waals surface area (Å²) in [6.45, 7) is 3.23. The number of halogens is 2. The number of hydrogen-bond acceptors (Lipinski definition) is 8. The minimum atomic E-state index is -3.62. The third-order valence-electron chi connectivity index (χ3n) is 7.38. The lowest BCUT2D eigenvalue weighted by molar-refractivity contribution is -0.133. The minimum Gasteiger partial charge on any atom is -0.374 e. The first-order valence-corrected chi connectivity index (χ1v) is 14.6. The van der Waals surface area contributed by atoms with E-state index in [-0.39, 0.29) is 17.1 Å². The Balaban J connectivity index is 1.68. The van der Waals surface area contributed by atoms with Crippen molar-refractivity contribution < 1.29 is 31.5 Å². The van der Waals surface area contributed by atoms with Crippen LogP contribution in [0.4, 0.5) is 14.5 Å². The maximum atomic E-state index is 14.2. The number of hydrogen-bond donors (Lipinski definition) is 4. The predicted molar refractivity (Wildman–Crippen MR) is 142 cm³/mol. The van der Waals surface area contributed by atoms with E-state index in [1.807, 2.05) is 0 Å². The summed E-state index contributed by atoms with van der Waals surface area (Å²) in [5.41, 5.74) is 4.57. The number of carbonyl (C=O) groups is 2. The summed E-state index contributed by atoms with van der Waals surface area (Å²) in [5.74, 6) is -2.65. The summed E-state index contributed by atoms with van der Waals surface area (Å²) >= 11 is 0. The molecule has 2 aliphatic heterocycles. The van der Waals surface area contributed by atoms with Gasteiger partial charge in [0.05, 0.1) is 29.7 Å². The number of piperidine rings is 1. The van der Waals surface area contributed by atoms with Gasteiger partial charge in [0, 0.05) is 28.5 Å². The molecular formula is C27H34F2N4O5S. The maximum Gasteiger partial charge on any atom is 0.240 e. The van der Waals surface area contributed by atoms with Crippen LogP contribution in [-0.2, 0) is 36.2 Å². The highest BCUT2D eigenvalue weighted by Crippen LogP contribution is 2.50. The van der Waals surface area contributed by atoms with E-state index in [1.54, 1.807) is 12.1 Å². The molecule has 39 heavy (non-hydrogen) atoms. The molecule has 2 aromatic carbocycles. The molecule has 212 valence electrons. The summed E-state index contributed by atoms with van der Waals surface area (Å²) in [6.07, 6.45) is 2.08.